The zero-order chi connectivity index (χ0) is 9.15. The average Bonchev–Trinajstić information content (AvgIpc) is 2.26. The molecule has 0 radical (unpaired) electrons. The van der Waals surface area contributed by atoms with Gasteiger partial charge in [0.15, 0.2) is 5.78 Å². The first kappa shape index (κ1) is 8.74. The van der Waals surface area contributed by atoms with Gasteiger partial charge in [-0.05, 0) is 24.2 Å². The van der Waals surface area contributed by atoms with Crippen molar-refractivity contribution >= 4 is 21.7 Å². The molecule has 2 fully saturated rings. The molecule has 2 rings (SSSR count). The number of ketones is 1. The van der Waals surface area contributed by atoms with Crippen LogP contribution >= 0.6 is 15.9 Å². The highest BCUT2D eigenvalue weighted by Gasteiger charge is 2.65. The maximum absolute atomic E-state index is 11.9. The molecule has 3 atom stereocenters. The number of hydrogen-bond donors (Lipinski definition) is 0. The minimum Gasteiger partial charge on any atom is -0.298 e. The van der Waals surface area contributed by atoms with Crippen molar-refractivity contribution in [2.45, 2.75) is 38.4 Å². The van der Waals surface area contributed by atoms with Crippen LogP contribution in [0.1, 0.15) is 33.6 Å². The molecule has 0 saturated heterocycles. The molecule has 0 heterocycles. The molecule has 0 aliphatic heterocycles. The Hall–Kier alpha value is 0.150. The number of fused-ring (bicyclic) bond motifs is 2. The summed E-state index contributed by atoms with van der Waals surface area (Å²) in [4.78, 5) is 12.0. The maximum atomic E-state index is 11.9. The van der Waals surface area contributed by atoms with E-state index >= 15 is 0 Å². The Morgan fingerprint density at radius 3 is 2.25 bits per heavy atom. The second-order valence-corrected chi connectivity index (χ2v) is 5.95. The minimum atomic E-state index is -0.0498. The van der Waals surface area contributed by atoms with Gasteiger partial charge in [-0.2, -0.15) is 0 Å². The van der Waals surface area contributed by atoms with Crippen LogP contribution in [0.5, 0.6) is 0 Å². The Morgan fingerprint density at radius 1 is 1.42 bits per heavy atom. The molecule has 68 valence electrons. The molecule has 2 aliphatic rings. The van der Waals surface area contributed by atoms with E-state index in [2.05, 4.69) is 36.7 Å². The third-order valence-corrected chi connectivity index (χ3v) is 5.51. The molecule has 0 aromatic carbocycles. The van der Waals surface area contributed by atoms with E-state index in [0.29, 0.717) is 11.7 Å². The van der Waals surface area contributed by atoms with Gasteiger partial charge in [0.1, 0.15) is 0 Å². The molecule has 0 spiro atoms. The van der Waals surface area contributed by atoms with Crippen LogP contribution in [0.4, 0.5) is 0 Å². The summed E-state index contributed by atoms with van der Waals surface area (Å²) >= 11 is 3.52. The lowest BCUT2D eigenvalue weighted by molar-refractivity contribution is -0.127. The van der Waals surface area contributed by atoms with Gasteiger partial charge in [0.2, 0.25) is 0 Å². The van der Waals surface area contributed by atoms with E-state index in [9.17, 15) is 4.79 Å². The van der Waals surface area contributed by atoms with Gasteiger partial charge in [-0.1, -0.05) is 36.7 Å². The number of Topliss-reactive ketones (excluding diaryl/α,β-unsaturated/α-hetero) is 1. The van der Waals surface area contributed by atoms with E-state index in [-0.39, 0.29) is 15.7 Å². The van der Waals surface area contributed by atoms with Crippen LogP contribution in [-0.2, 0) is 4.79 Å². The molecule has 0 aromatic rings. The predicted octanol–water partition coefficient (Wildman–Crippen LogP) is 2.78. The number of alkyl halides is 1. The fraction of sp³-hybridized carbons (Fsp3) is 0.900. The lowest BCUT2D eigenvalue weighted by Gasteiger charge is -2.32. The summed E-state index contributed by atoms with van der Waals surface area (Å²) < 4.78 is 0. The highest BCUT2D eigenvalue weighted by Crippen LogP contribution is 2.65. The van der Waals surface area contributed by atoms with Crippen LogP contribution in [0.3, 0.4) is 0 Å². The summed E-state index contributed by atoms with van der Waals surface area (Å²) in [7, 11) is 0. The Morgan fingerprint density at radius 2 is 2.00 bits per heavy atom. The molecule has 2 bridgehead atoms. The van der Waals surface area contributed by atoms with Crippen molar-refractivity contribution in [1.29, 1.82) is 0 Å². The molecule has 1 nitrogen and oxygen atoms in total. The third kappa shape index (κ3) is 0.688. The molecule has 0 N–H and O–H groups in total. The van der Waals surface area contributed by atoms with Crippen LogP contribution in [0, 0.1) is 16.7 Å². The van der Waals surface area contributed by atoms with E-state index in [1.165, 1.54) is 6.42 Å². The molecule has 1 unspecified atom stereocenters. The normalized spacial score (nSPS) is 50.2. The zero-order valence-corrected chi connectivity index (χ0v) is 9.44. The number of carbonyl (C=O) groups excluding carboxylic acids is 1. The van der Waals surface area contributed by atoms with E-state index < -0.39 is 0 Å². The highest BCUT2D eigenvalue weighted by molar-refractivity contribution is 9.10. The number of halogens is 1. The van der Waals surface area contributed by atoms with Crippen molar-refractivity contribution in [1.82, 2.24) is 0 Å². The van der Waals surface area contributed by atoms with Crippen LogP contribution < -0.4 is 0 Å². The van der Waals surface area contributed by atoms with Crippen LogP contribution in [0.25, 0.3) is 0 Å². The summed E-state index contributed by atoms with van der Waals surface area (Å²) in [5.74, 6) is 0.999. The molecule has 0 aromatic heterocycles. The van der Waals surface area contributed by atoms with E-state index in [1.807, 2.05) is 0 Å². The summed E-state index contributed by atoms with van der Waals surface area (Å²) in [5, 5.41) is 0. The van der Waals surface area contributed by atoms with Gasteiger partial charge in [0, 0.05) is 5.41 Å². The Labute approximate surface area is 82.0 Å². The molecule has 2 aliphatic carbocycles. The molecule has 12 heavy (non-hydrogen) atoms. The molecule has 2 saturated carbocycles. The molecule has 2 heteroatoms. The van der Waals surface area contributed by atoms with Crippen molar-refractivity contribution in [2.24, 2.45) is 16.7 Å². The van der Waals surface area contributed by atoms with Gasteiger partial charge >= 0.3 is 0 Å². The van der Waals surface area contributed by atoms with Gasteiger partial charge in [0.25, 0.3) is 0 Å². The molecular formula is C10H15BrO. The van der Waals surface area contributed by atoms with Crippen molar-refractivity contribution in [3.05, 3.63) is 0 Å². The second-order valence-electron chi connectivity index (χ2n) is 4.96. The number of carbonyl (C=O) groups is 1. The summed E-state index contributed by atoms with van der Waals surface area (Å²) in [6, 6.07) is 0. The first-order valence-corrected chi connectivity index (χ1v) is 5.51. The quantitative estimate of drug-likeness (QED) is 0.586. The molecule has 0 amide bonds. The zero-order valence-electron chi connectivity index (χ0n) is 7.86. The average molecular weight is 231 g/mol. The van der Waals surface area contributed by atoms with Crippen LogP contribution in [-0.4, -0.2) is 10.6 Å². The first-order valence-electron chi connectivity index (χ1n) is 4.59. The van der Waals surface area contributed by atoms with Gasteiger partial charge in [-0.25, -0.2) is 0 Å². The van der Waals surface area contributed by atoms with Gasteiger partial charge in [-0.3, -0.25) is 4.79 Å². The van der Waals surface area contributed by atoms with E-state index in [1.54, 1.807) is 0 Å². The number of hydrogen-bond acceptors (Lipinski definition) is 1. The Kier molecular flexibility index (Phi) is 1.56. The van der Waals surface area contributed by atoms with Crippen LogP contribution in [0.2, 0.25) is 0 Å². The minimum absolute atomic E-state index is 0.0498. The summed E-state index contributed by atoms with van der Waals surface area (Å²) in [5.41, 5.74) is 0.157. The fourth-order valence-electron chi connectivity index (χ4n) is 2.98. The topological polar surface area (TPSA) is 17.1 Å². The van der Waals surface area contributed by atoms with Gasteiger partial charge in [-0.15, -0.1) is 0 Å². The highest BCUT2D eigenvalue weighted by atomic mass is 79.9. The molecular weight excluding hydrogens is 216 g/mol. The standard InChI is InChI=1S/C10H15BrO/c1-9(2)6-4-5-10(9,3)8(12)7(6)11/h6-7H,4-5H2,1-3H3/t6-,7?,10-/m0/s1. The van der Waals surface area contributed by atoms with Crippen molar-refractivity contribution in [3.63, 3.8) is 0 Å². The first-order chi connectivity index (χ1) is 5.41. The fourth-order valence-corrected chi connectivity index (χ4v) is 4.41. The second kappa shape index (κ2) is 2.14. The van der Waals surface area contributed by atoms with E-state index in [0.717, 1.165) is 6.42 Å². The Balaban J connectivity index is 2.50. The van der Waals surface area contributed by atoms with Gasteiger partial charge in [0.05, 0.1) is 4.83 Å². The summed E-state index contributed by atoms with van der Waals surface area (Å²) in [6.45, 7) is 6.62. The van der Waals surface area contributed by atoms with Crippen LogP contribution in [0.15, 0.2) is 0 Å². The largest absolute Gasteiger partial charge is 0.298 e. The maximum Gasteiger partial charge on any atom is 0.153 e. The monoisotopic (exact) mass is 230 g/mol. The predicted molar refractivity (Wildman–Crippen MR) is 52.3 cm³/mol. The third-order valence-electron chi connectivity index (χ3n) is 4.45. The van der Waals surface area contributed by atoms with Gasteiger partial charge < -0.3 is 0 Å². The van der Waals surface area contributed by atoms with E-state index in [4.69, 9.17) is 0 Å². The lowest BCUT2D eigenvalue weighted by Crippen LogP contribution is -2.33. The van der Waals surface area contributed by atoms with Crippen molar-refractivity contribution in [3.8, 4) is 0 Å². The summed E-state index contributed by atoms with van der Waals surface area (Å²) in [6.07, 6.45) is 2.30. The van der Waals surface area contributed by atoms with Crippen molar-refractivity contribution < 1.29 is 4.79 Å². The number of rotatable bonds is 0. The smallest absolute Gasteiger partial charge is 0.153 e. The Bertz CT molecular complexity index is 246. The lowest BCUT2D eigenvalue weighted by atomic mass is 9.70. The van der Waals surface area contributed by atoms with Crippen molar-refractivity contribution in [2.75, 3.05) is 0 Å². The SMILES string of the molecule is CC1(C)[C@H]2CC[C@@]1(C)C(=O)C2Br.